The molecular weight excluding hydrogens is 460 g/mol. The van der Waals surface area contributed by atoms with Crippen LogP contribution in [0.3, 0.4) is 0 Å². The number of aromatic nitrogens is 5. The highest BCUT2D eigenvalue weighted by Crippen LogP contribution is 2.28. The van der Waals surface area contributed by atoms with Crippen molar-refractivity contribution in [1.29, 1.82) is 0 Å². The van der Waals surface area contributed by atoms with Crippen molar-refractivity contribution >= 4 is 68.8 Å². The Morgan fingerprint density at radius 3 is 2.73 bits per heavy atom. The molecule has 0 saturated carbocycles. The number of nitrogen functional groups attached to an aromatic ring is 1. The number of thiophene rings is 1. The van der Waals surface area contributed by atoms with E-state index in [4.69, 9.17) is 17.3 Å². The van der Waals surface area contributed by atoms with E-state index in [0.29, 0.717) is 22.5 Å². The Bertz CT molecular complexity index is 1090. The summed E-state index contributed by atoms with van der Waals surface area (Å²) >= 11 is 10.7. The minimum absolute atomic E-state index is 0.158. The van der Waals surface area contributed by atoms with Crippen LogP contribution < -0.4 is 16.4 Å². The van der Waals surface area contributed by atoms with Crippen molar-refractivity contribution in [3.8, 4) is 0 Å². The number of nitrogens with two attached hydrogens (primary N) is 1. The summed E-state index contributed by atoms with van der Waals surface area (Å²) in [5.74, 6) is 1.61. The Morgan fingerprint density at radius 1 is 1.07 bits per heavy atom. The largest absolute Gasteiger partial charge is 0.368 e. The molecule has 154 valence electrons. The molecule has 0 aliphatic heterocycles. The monoisotopic (exact) mass is 476 g/mol. The molecule has 8 nitrogen and oxygen atoms in total. The third-order valence-corrected chi connectivity index (χ3v) is 6.96. The van der Waals surface area contributed by atoms with Gasteiger partial charge in [0.1, 0.15) is 5.82 Å². The zero-order valence-electron chi connectivity index (χ0n) is 15.6. The first-order valence-corrected chi connectivity index (χ1v) is 12.0. The fourth-order valence-corrected chi connectivity index (χ4v) is 4.90. The number of thioether (sulfide) groups is 1. The van der Waals surface area contributed by atoms with Crippen LogP contribution in [0, 0.1) is 0 Å². The van der Waals surface area contributed by atoms with Crippen LogP contribution in [0.15, 0.2) is 46.1 Å². The lowest BCUT2D eigenvalue weighted by atomic mass is 10.3. The normalized spacial score (nSPS) is 10.8. The molecule has 3 heterocycles. The second-order valence-electron chi connectivity index (χ2n) is 5.98. The molecule has 0 amide bonds. The van der Waals surface area contributed by atoms with Gasteiger partial charge >= 0.3 is 0 Å². The number of anilines is 4. The molecule has 0 saturated heterocycles. The Hall–Kier alpha value is -2.47. The van der Waals surface area contributed by atoms with Gasteiger partial charge in [0, 0.05) is 22.1 Å². The number of hydrogen-bond donors (Lipinski definition) is 3. The number of rotatable bonds is 9. The molecule has 4 rings (SSSR count). The van der Waals surface area contributed by atoms with Crippen LogP contribution in [-0.2, 0) is 12.2 Å². The Balaban J connectivity index is 1.31. The summed E-state index contributed by atoms with van der Waals surface area (Å²) in [7, 11) is 0. The van der Waals surface area contributed by atoms with Crippen LogP contribution in [0.4, 0.5) is 22.7 Å². The Kier molecular flexibility index (Phi) is 6.95. The molecule has 4 N–H and O–H groups in total. The molecule has 0 atom stereocenters. The number of halogens is 1. The van der Waals surface area contributed by atoms with Gasteiger partial charge in [-0.2, -0.15) is 15.0 Å². The van der Waals surface area contributed by atoms with E-state index in [1.807, 2.05) is 12.1 Å². The fourth-order valence-electron chi connectivity index (χ4n) is 2.43. The Labute approximate surface area is 190 Å². The van der Waals surface area contributed by atoms with Crippen molar-refractivity contribution in [1.82, 2.24) is 25.1 Å². The molecule has 4 aromatic rings. The molecule has 0 unspecified atom stereocenters. The third kappa shape index (κ3) is 6.02. The molecule has 0 spiro atoms. The average molecular weight is 477 g/mol. The first kappa shape index (κ1) is 20.8. The van der Waals surface area contributed by atoms with Gasteiger partial charge in [-0.3, -0.25) is 0 Å². The molecule has 3 aromatic heterocycles. The van der Waals surface area contributed by atoms with Crippen molar-refractivity contribution in [2.75, 3.05) is 22.9 Å². The third-order valence-electron chi connectivity index (χ3n) is 3.76. The van der Waals surface area contributed by atoms with E-state index in [1.165, 1.54) is 28.0 Å². The van der Waals surface area contributed by atoms with Crippen LogP contribution in [0.25, 0.3) is 0 Å². The minimum Gasteiger partial charge on any atom is -0.368 e. The van der Waals surface area contributed by atoms with Gasteiger partial charge in [-0.05, 0) is 42.1 Å². The SMILES string of the molecule is Nc1nc(CSc2nnc(NCCc3cccs3)s2)nc(Nc2ccc(Cl)cc2)n1. The summed E-state index contributed by atoms with van der Waals surface area (Å²) in [5, 5.41) is 18.3. The van der Waals surface area contributed by atoms with Crippen molar-refractivity contribution < 1.29 is 0 Å². The summed E-state index contributed by atoms with van der Waals surface area (Å²) in [4.78, 5) is 14.1. The first-order chi connectivity index (χ1) is 14.6. The van der Waals surface area contributed by atoms with Crippen LogP contribution in [0.5, 0.6) is 0 Å². The number of hydrogen-bond acceptors (Lipinski definition) is 11. The lowest BCUT2D eigenvalue weighted by Crippen LogP contribution is -2.06. The highest BCUT2D eigenvalue weighted by Gasteiger charge is 2.09. The van der Waals surface area contributed by atoms with Crippen LogP contribution >= 0.6 is 46.0 Å². The number of nitrogens with zero attached hydrogens (tertiary/aromatic N) is 5. The first-order valence-electron chi connectivity index (χ1n) is 8.89. The maximum Gasteiger partial charge on any atom is 0.232 e. The molecule has 0 aliphatic rings. The average Bonchev–Trinajstić information content (AvgIpc) is 3.40. The van der Waals surface area contributed by atoms with Gasteiger partial charge in [-0.25, -0.2) is 0 Å². The van der Waals surface area contributed by atoms with E-state index >= 15 is 0 Å². The minimum atomic E-state index is 0.158. The van der Waals surface area contributed by atoms with Crippen molar-refractivity contribution in [2.45, 2.75) is 16.5 Å². The second kappa shape index (κ2) is 10.0. The predicted octanol–water partition coefficient (Wildman–Crippen LogP) is 4.71. The summed E-state index contributed by atoms with van der Waals surface area (Å²) in [6.45, 7) is 0.823. The van der Waals surface area contributed by atoms with Gasteiger partial charge in [0.05, 0.1) is 5.75 Å². The second-order valence-corrected chi connectivity index (χ2v) is 9.65. The maximum absolute atomic E-state index is 5.91. The molecule has 0 bridgehead atoms. The molecule has 12 heteroatoms. The van der Waals surface area contributed by atoms with Gasteiger partial charge < -0.3 is 16.4 Å². The van der Waals surface area contributed by atoms with Gasteiger partial charge in [0.15, 0.2) is 4.34 Å². The molecule has 0 fully saturated rings. The fraction of sp³-hybridized carbons (Fsp3) is 0.167. The lowest BCUT2D eigenvalue weighted by Gasteiger charge is -2.07. The predicted molar refractivity (Wildman–Crippen MR) is 125 cm³/mol. The number of nitrogens with one attached hydrogen (secondary N) is 2. The van der Waals surface area contributed by atoms with Gasteiger partial charge in [0.25, 0.3) is 0 Å². The standard InChI is InChI=1S/C18H17ClN8S3/c19-11-3-5-12(6-4-11)22-16-24-14(23-15(20)25-16)10-29-18-27-26-17(30-18)21-8-7-13-2-1-9-28-13/h1-6,9H,7-8,10H2,(H,21,26)(H3,20,22,23,24,25). The zero-order chi connectivity index (χ0) is 20.8. The summed E-state index contributed by atoms with van der Waals surface area (Å²) < 4.78 is 0.833. The molecule has 30 heavy (non-hydrogen) atoms. The Morgan fingerprint density at radius 2 is 1.93 bits per heavy atom. The van der Waals surface area contributed by atoms with E-state index in [0.717, 1.165) is 28.1 Å². The van der Waals surface area contributed by atoms with Gasteiger partial charge in [-0.15, -0.1) is 21.5 Å². The molecule has 0 radical (unpaired) electrons. The van der Waals surface area contributed by atoms with E-state index in [1.54, 1.807) is 23.5 Å². The molecular formula is C18H17ClN8S3. The highest BCUT2D eigenvalue weighted by molar-refractivity contribution is 8.00. The summed E-state index contributed by atoms with van der Waals surface area (Å²) in [6, 6.07) is 11.4. The summed E-state index contributed by atoms with van der Waals surface area (Å²) in [5.41, 5.74) is 6.65. The maximum atomic E-state index is 5.91. The molecule has 1 aromatic carbocycles. The zero-order valence-corrected chi connectivity index (χ0v) is 18.8. The molecule has 0 aliphatic carbocycles. The van der Waals surface area contributed by atoms with Gasteiger partial charge in [-0.1, -0.05) is 40.8 Å². The number of benzene rings is 1. The van der Waals surface area contributed by atoms with Crippen LogP contribution in [-0.4, -0.2) is 31.7 Å². The van der Waals surface area contributed by atoms with Crippen molar-refractivity contribution in [3.63, 3.8) is 0 Å². The van der Waals surface area contributed by atoms with E-state index in [2.05, 4.69) is 53.3 Å². The summed E-state index contributed by atoms with van der Waals surface area (Å²) in [6.07, 6.45) is 0.966. The van der Waals surface area contributed by atoms with Crippen molar-refractivity contribution in [3.05, 3.63) is 57.5 Å². The van der Waals surface area contributed by atoms with Gasteiger partial charge in [0.2, 0.25) is 17.0 Å². The quantitative estimate of drug-likeness (QED) is 0.295. The lowest BCUT2D eigenvalue weighted by molar-refractivity contribution is 0.968. The smallest absolute Gasteiger partial charge is 0.232 e. The van der Waals surface area contributed by atoms with E-state index in [-0.39, 0.29) is 5.95 Å². The topological polar surface area (TPSA) is 115 Å². The van der Waals surface area contributed by atoms with E-state index < -0.39 is 0 Å². The van der Waals surface area contributed by atoms with E-state index in [9.17, 15) is 0 Å². The van der Waals surface area contributed by atoms with Crippen LogP contribution in [0.2, 0.25) is 5.02 Å². The highest BCUT2D eigenvalue weighted by atomic mass is 35.5. The van der Waals surface area contributed by atoms with Crippen LogP contribution in [0.1, 0.15) is 10.7 Å². The van der Waals surface area contributed by atoms with Crippen molar-refractivity contribution in [2.24, 2.45) is 0 Å².